The molecule has 0 fully saturated rings. The van der Waals surface area contributed by atoms with E-state index in [-0.39, 0.29) is 30.7 Å². The maximum Gasteiger partial charge on any atom is 0.251 e. The average molecular weight is 374 g/mol. The molecule has 0 aromatic heterocycles. The van der Waals surface area contributed by atoms with E-state index < -0.39 is 0 Å². The molecule has 2 aromatic rings. The molecule has 0 unspecified atom stereocenters. The Kier molecular flexibility index (Phi) is 7.64. The first-order chi connectivity index (χ1) is 12.5. The number of hydrogen-bond acceptors (Lipinski definition) is 3. The number of rotatable bonds is 8. The van der Waals surface area contributed by atoms with Crippen LogP contribution in [0.25, 0.3) is 0 Å². The van der Waals surface area contributed by atoms with Crippen LogP contribution in [0.1, 0.15) is 23.2 Å². The second-order valence-electron chi connectivity index (χ2n) is 5.56. The van der Waals surface area contributed by atoms with Crippen molar-refractivity contribution >= 4 is 35.0 Å². The van der Waals surface area contributed by atoms with Gasteiger partial charge in [-0.3, -0.25) is 14.4 Å². The van der Waals surface area contributed by atoms with Crippen LogP contribution in [0, 0.1) is 0 Å². The molecule has 2 aromatic carbocycles. The summed E-state index contributed by atoms with van der Waals surface area (Å²) in [6.07, 6.45) is 0.775. The second kappa shape index (κ2) is 10.2. The highest BCUT2D eigenvalue weighted by atomic mass is 35.5. The monoisotopic (exact) mass is 373 g/mol. The molecule has 0 bridgehead atoms. The van der Waals surface area contributed by atoms with Crippen molar-refractivity contribution in [2.75, 3.05) is 18.4 Å². The molecule has 0 heterocycles. The van der Waals surface area contributed by atoms with Gasteiger partial charge in [0.25, 0.3) is 5.91 Å². The van der Waals surface area contributed by atoms with Gasteiger partial charge in [-0.05, 0) is 42.8 Å². The fourth-order valence-corrected chi connectivity index (χ4v) is 2.27. The minimum absolute atomic E-state index is 0.106. The van der Waals surface area contributed by atoms with Gasteiger partial charge in [-0.1, -0.05) is 29.8 Å². The number of nitrogens with one attached hydrogen (secondary N) is 3. The molecule has 2 rings (SSSR count). The molecule has 0 saturated heterocycles. The Hall–Kier alpha value is -2.86. The van der Waals surface area contributed by atoms with E-state index in [1.54, 1.807) is 48.5 Å². The van der Waals surface area contributed by atoms with Crippen LogP contribution < -0.4 is 16.0 Å². The van der Waals surface area contributed by atoms with Crippen LogP contribution in [0.15, 0.2) is 54.6 Å². The Balaban J connectivity index is 1.58. The van der Waals surface area contributed by atoms with E-state index in [0.717, 1.165) is 0 Å². The SMILES string of the molecule is O=C(CNC(=O)c1ccccc1)NCCCC(=O)Nc1ccc(Cl)cc1. The normalized spacial score (nSPS) is 10.0. The Morgan fingerprint density at radius 1 is 0.846 bits per heavy atom. The summed E-state index contributed by atoms with van der Waals surface area (Å²) in [6, 6.07) is 15.5. The van der Waals surface area contributed by atoms with Gasteiger partial charge in [-0.25, -0.2) is 0 Å². The molecule has 0 aliphatic carbocycles. The molecule has 136 valence electrons. The summed E-state index contributed by atoms with van der Waals surface area (Å²) in [4.78, 5) is 35.3. The van der Waals surface area contributed by atoms with E-state index in [9.17, 15) is 14.4 Å². The minimum atomic E-state index is -0.303. The Morgan fingerprint density at radius 2 is 1.54 bits per heavy atom. The topological polar surface area (TPSA) is 87.3 Å². The van der Waals surface area contributed by atoms with Crippen LogP contribution in [0.2, 0.25) is 5.02 Å². The van der Waals surface area contributed by atoms with Crippen LogP contribution in [0.4, 0.5) is 5.69 Å². The van der Waals surface area contributed by atoms with E-state index in [0.29, 0.717) is 29.2 Å². The zero-order chi connectivity index (χ0) is 18.8. The standard InChI is InChI=1S/C19H20ClN3O3/c20-15-8-10-16(11-9-15)23-17(24)7-4-12-21-18(25)13-22-19(26)14-5-2-1-3-6-14/h1-3,5-6,8-11H,4,7,12-13H2,(H,21,25)(H,22,26)(H,23,24). The molecule has 0 spiro atoms. The van der Waals surface area contributed by atoms with Gasteiger partial charge in [0.05, 0.1) is 6.54 Å². The van der Waals surface area contributed by atoms with Gasteiger partial charge in [0.1, 0.15) is 0 Å². The summed E-state index contributed by atoms with van der Waals surface area (Å²) >= 11 is 5.78. The molecule has 3 N–H and O–H groups in total. The molecule has 3 amide bonds. The van der Waals surface area contributed by atoms with E-state index in [1.807, 2.05) is 6.07 Å². The second-order valence-corrected chi connectivity index (χ2v) is 5.99. The lowest BCUT2D eigenvalue weighted by Crippen LogP contribution is -2.37. The van der Waals surface area contributed by atoms with Crippen molar-refractivity contribution in [2.45, 2.75) is 12.8 Å². The lowest BCUT2D eigenvalue weighted by Gasteiger charge is -2.08. The molecule has 0 radical (unpaired) electrons. The highest BCUT2D eigenvalue weighted by Crippen LogP contribution is 2.13. The number of carbonyl (C=O) groups excluding carboxylic acids is 3. The summed E-state index contributed by atoms with van der Waals surface area (Å²) in [6.45, 7) is 0.249. The van der Waals surface area contributed by atoms with E-state index in [1.165, 1.54) is 0 Å². The summed E-state index contributed by atoms with van der Waals surface area (Å²) < 4.78 is 0. The lowest BCUT2D eigenvalue weighted by atomic mass is 10.2. The fourth-order valence-electron chi connectivity index (χ4n) is 2.15. The van der Waals surface area contributed by atoms with Crippen LogP contribution in [-0.4, -0.2) is 30.8 Å². The number of anilines is 1. The summed E-state index contributed by atoms with van der Waals surface area (Å²) in [5.74, 6) is -0.741. The van der Waals surface area contributed by atoms with Crippen molar-refractivity contribution in [3.05, 3.63) is 65.2 Å². The predicted octanol–water partition coefficient (Wildman–Crippen LogP) is 2.60. The zero-order valence-electron chi connectivity index (χ0n) is 14.1. The average Bonchev–Trinajstić information content (AvgIpc) is 2.66. The number of carbonyl (C=O) groups is 3. The van der Waals surface area contributed by atoms with Crippen molar-refractivity contribution in [1.82, 2.24) is 10.6 Å². The maximum absolute atomic E-state index is 11.8. The van der Waals surface area contributed by atoms with Crippen molar-refractivity contribution in [3.63, 3.8) is 0 Å². The summed E-state index contributed by atoms with van der Waals surface area (Å²) in [5, 5.41) is 8.56. The zero-order valence-corrected chi connectivity index (χ0v) is 14.9. The molecule has 0 aliphatic rings. The van der Waals surface area contributed by atoms with E-state index >= 15 is 0 Å². The first kappa shape index (κ1) is 19.5. The van der Waals surface area contributed by atoms with Gasteiger partial charge < -0.3 is 16.0 Å². The molecule has 7 heteroatoms. The maximum atomic E-state index is 11.8. The Bertz CT molecular complexity index is 748. The highest BCUT2D eigenvalue weighted by Gasteiger charge is 2.07. The molecule has 6 nitrogen and oxygen atoms in total. The highest BCUT2D eigenvalue weighted by molar-refractivity contribution is 6.30. The third kappa shape index (κ3) is 6.94. The summed E-state index contributed by atoms with van der Waals surface area (Å²) in [7, 11) is 0. The lowest BCUT2D eigenvalue weighted by molar-refractivity contribution is -0.120. The largest absolute Gasteiger partial charge is 0.355 e. The number of amides is 3. The van der Waals surface area contributed by atoms with Gasteiger partial charge in [-0.15, -0.1) is 0 Å². The third-order valence-corrected chi connectivity index (χ3v) is 3.73. The van der Waals surface area contributed by atoms with Gasteiger partial charge in [-0.2, -0.15) is 0 Å². The molecular weight excluding hydrogens is 354 g/mol. The van der Waals surface area contributed by atoms with E-state index in [4.69, 9.17) is 11.6 Å². The Labute approximate surface area is 156 Å². The van der Waals surface area contributed by atoms with Crippen molar-refractivity contribution in [1.29, 1.82) is 0 Å². The molecular formula is C19H20ClN3O3. The first-order valence-corrected chi connectivity index (χ1v) is 8.58. The third-order valence-electron chi connectivity index (χ3n) is 3.48. The van der Waals surface area contributed by atoms with Crippen LogP contribution in [0.5, 0.6) is 0 Å². The molecule has 0 aliphatic heterocycles. The molecule has 0 atom stereocenters. The number of benzene rings is 2. The van der Waals surface area contributed by atoms with Gasteiger partial charge in [0.2, 0.25) is 11.8 Å². The molecule has 26 heavy (non-hydrogen) atoms. The quantitative estimate of drug-likeness (QED) is 0.621. The smallest absolute Gasteiger partial charge is 0.251 e. The number of halogens is 1. The van der Waals surface area contributed by atoms with Crippen LogP contribution in [0.3, 0.4) is 0 Å². The van der Waals surface area contributed by atoms with Crippen molar-refractivity contribution < 1.29 is 14.4 Å². The van der Waals surface area contributed by atoms with Crippen molar-refractivity contribution in [2.24, 2.45) is 0 Å². The first-order valence-electron chi connectivity index (χ1n) is 8.20. The van der Waals surface area contributed by atoms with E-state index in [2.05, 4.69) is 16.0 Å². The van der Waals surface area contributed by atoms with Crippen molar-refractivity contribution in [3.8, 4) is 0 Å². The summed E-state index contributed by atoms with van der Waals surface area (Å²) in [5.41, 5.74) is 1.17. The fraction of sp³-hybridized carbons (Fsp3) is 0.211. The van der Waals surface area contributed by atoms with Gasteiger partial charge in [0, 0.05) is 29.2 Å². The van der Waals surface area contributed by atoms with Gasteiger partial charge in [0.15, 0.2) is 0 Å². The van der Waals surface area contributed by atoms with Crippen LogP contribution >= 0.6 is 11.6 Å². The predicted molar refractivity (Wildman–Crippen MR) is 101 cm³/mol. The van der Waals surface area contributed by atoms with Crippen LogP contribution in [-0.2, 0) is 9.59 Å². The Morgan fingerprint density at radius 3 is 2.23 bits per heavy atom. The van der Waals surface area contributed by atoms with Gasteiger partial charge >= 0.3 is 0 Å². The molecule has 0 saturated carbocycles. The number of hydrogen-bond donors (Lipinski definition) is 3. The minimum Gasteiger partial charge on any atom is -0.355 e.